The predicted molar refractivity (Wildman–Crippen MR) is 80.3 cm³/mol. The van der Waals surface area contributed by atoms with Gasteiger partial charge in [-0.15, -0.1) is 0 Å². The minimum absolute atomic E-state index is 0.0911. The highest BCUT2D eigenvalue weighted by Gasteiger charge is 2.36. The number of anilines is 2. The van der Waals surface area contributed by atoms with Crippen molar-refractivity contribution in [1.29, 1.82) is 0 Å². The summed E-state index contributed by atoms with van der Waals surface area (Å²) in [6.07, 6.45) is 5.64. The highest BCUT2D eigenvalue weighted by molar-refractivity contribution is 5.73. The number of carboxylic acids is 1. The molecule has 0 aromatic heterocycles. The second kappa shape index (κ2) is 5.73. The van der Waals surface area contributed by atoms with E-state index < -0.39 is 5.97 Å². The summed E-state index contributed by atoms with van der Waals surface area (Å²) in [5, 5.41) is 12.4. The smallest absolute Gasteiger partial charge is 0.308 e. The van der Waals surface area contributed by atoms with Crippen molar-refractivity contribution < 1.29 is 9.90 Å². The van der Waals surface area contributed by atoms with Crippen LogP contribution in [0.3, 0.4) is 0 Å². The highest BCUT2D eigenvalue weighted by Crippen LogP contribution is 2.31. The second-order valence-electron chi connectivity index (χ2n) is 5.87. The summed E-state index contributed by atoms with van der Waals surface area (Å²) in [5.41, 5.74) is 2.31. The molecule has 1 aliphatic carbocycles. The number of piperidine rings is 1. The van der Waals surface area contributed by atoms with Gasteiger partial charge in [-0.3, -0.25) is 4.79 Å². The van der Waals surface area contributed by atoms with E-state index in [1.165, 1.54) is 24.9 Å². The van der Waals surface area contributed by atoms with Crippen LogP contribution in [0.2, 0.25) is 0 Å². The van der Waals surface area contributed by atoms with E-state index >= 15 is 0 Å². The first kappa shape index (κ1) is 13.3. The van der Waals surface area contributed by atoms with Gasteiger partial charge in [-0.1, -0.05) is 0 Å². The maximum Gasteiger partial charge on any atom is 0.308 e. The molecule has 2 atom stereocenters. The molecule has 1 aromatic rings. The Kier molecular flexibility index (Phi) is 3.81. The zero-order chi connectivity index (χ0) is 13.9. The predicted octanol–water partition coefficient (Wildman–Crippen LogP) is 2.95. The first-order valence-corrected chi connectivity index (χ1v) is 7.58. The van der Waals surface area contributed by atoms with Gasteiger partial charge in [0.25, 0.3) is 0 Å². The van der Waals surface area contributed by atoms with E-state index in [0.717, 1.165) is 31.6 Å². The van der Waals surface area contributed by atoms with Crippen molar-refractivity contribution in [3.05, 3.63) is 24.3 Å². The molecule has 2 aliphatic rings. The molecule has 2 N–H and O–H groups in total. The lowest BCUT2D eigenvalue weighted by molar-refractivity contribution is -0.144. The lowest BCUT2D eigenvalue weighted by Crippen LogP contribution is -2.42. The van der Waals surface area contributed by atoms with Crippen molar-refractivity contribution in [2.24, 2.45) is 5.92 Å². The number of carbonyl (C=O) groups is 1. The topological polar surface area (TPSA) is 52.6 Å². The maximum absolute atomic E-state index is 11.0. The molecule has 108 valence electrons. The molecule has 1 heterocycles. The summed E-state index contributed by atoms with van der Waals surface area (Å²) < 4.78 is 0. The molecule has 0 amide bonds. The third-order valence-corrected chi connectivity index (χ3v) is 4.53. The van der Waals surface area contributed by atoms with Gasteiger partial charge < -0.3 is 15.3 Å². The molecule has 4 nitrogen and oxygen atoms in total. The number of hydrogen-bond donors (Lipinski definition) is 2. The molecular weight excluding hydrogens is 252 g/mol. The van der Waals surface area contributed by atoms with Crippen LogP contribution in [0, 0.1) is 5.92 Å². The number of aliphatic carboxylic acids is 1. The molecule has 0 spiro atoms. The fourth-order valence-electron chi connectivity index (χ4n) is 3.10. The van der Waals surface area contributed by atoms with Crippen LogP contribution in [0.15, 0.2) is 24.3 Å². The van der Waals surface area contributed by atoms with E-state index in [1.807, 2.05) is 0 Å². The van der Waals surface area contributed by atoms with Crippen LogP contribution < -0.4 is 10.2 Å². The van der Waals surface area contributed by atoms with E-state index in [0.29, 0.717) is 0 Å². The number of hydrogen-bond acceptors (Lipinski definition) is 3. The molecule has 0 bridgehead atoms. The lowest BCUT2D eigenvalue weighted by atomic mass is 9.79. The Labute approximate surface area is 119 Å². The molecule has 20 heavy (non-hydrogen) atoms. The van der Waals surface area contributed by atoms with Gasteiger partial charge >= 0.3 is 5.97 Å². The SMILES string of the molecule is O=C(O)C1CCC1Nc1ccc(N2CCCCC2)cc1. The first-order chi connectivity index (χ1) is 9.74. The van der Waals surface area contributed by atoms with Crippen molar-refractivity contribution in [2.45, 2.75) is 38.1 Å². The fraction of sp³-hybridized carbons (Fsp3) is 0.562. The third-order valence-electron chi connectivity index (χ3n) is 4.53. The number of carboxylic acid groups (broad SMARTS) is 1. The number of rotatable bonds is 4. The van der Waals surface area contributed by atoms with Crippen LogP contribution in [-0.4, -0.2) is 30.2 Å². The Morgan fingerprint density at radius 3 is 2.35 bits per heavy atom. The largest absolute Gasteiger partial charge is 0.481 e. The Morgan fingerprint density at radius 1 is 1.10 bits per heavy atom. The molecule has 0 radical (unpaired) electrons. The monoisotopic (exact) mass is 274 g/mol. The maximum atomic E-state index is 11.0. The van der Waals surface area contributed by atoms with E-state index in [1.54, 1.807) is 0 Å². The highest BCUT2D eigenvalue weighted by atomic mass is 16.4. The molecule has 1 saturated heterocycles. The van der Waals surface area contributed by atoms with E-state index in [4.69, 9.17) is 5.11 Å². The van der Waals surface area contributed by atoms with Crippen molar-refractivity contribution >= 4 is 17.3 Å². The Bertz CT molecular complexity index is 466. The van der Waals surface area contributed by atoms with Gasteiger partial charge in [0, 0.05) is 30.5 Å². The van der Waals surface area contributed by atoms with Gasteiger partial charge in [0.05, 0.1) is 5.92 Å². The van der Waals surface area contributed by atoms with Gasteiger partial charge in [0.1, 0.15) is 0 Å². The zero-order valence-corrected chi connectivity index (χ0v) is 11.7. The van der Waals surface area contributed by atoms with E-state index in [9.17, 15) is 4.79 Å². The summed E-state index contributed by atoms with van der Waals surface area (Å²) in [4.78, 5) is 13.4. The summed E-state index contributed by atoms with van der Waals surface area (Å²) in [5.74, 6) is -0.907. The van der Waals surface area contributed by atoms with Crippen molar-refractivity contribution in [3.8, 4) is 0 Å². The Balaban J connectivity index is 1.60. The van der Waals surface area contributed by atoms with Crippen LogP contribution in [0.1, 0.15) is 32.1 Å². The Morgan fingerprint density at radius 2 is 1.80 bits per heavy atom. The number of nitrogens with one attached hydrogen (secondary N) is 1. The molecule has 4 heteroatoms. The minimum Gasteiger partial charge on any atom is -0.481 e. The van der Waals surface area contributed by atoms with E-state index in [2.05, 4.69) is 34.5 Å². The fourth-order valence-corrected chi connectivity index (χ4v) is 3.10. The molecule has 2 fully saturated rings. The lowest BCUT2D eigenvalue weighted by Gasteiger charge is -2.35. The van der Waals surface area contributed by atoms with Crippen molar-refractivity contribution in [2.75, 3.05) is 23.3 Å². The number of benzene rings is 1. The van der Waals surface area contributed by atoms with Crippen LogP contribution in [0.5, 0.6) is 0 Å². The van der Waals surface area contributed by atoms with Crippen LogP contribution in [-0.2, 0) is 4.79 Å². The van der Waals surface area contributed by atoms with Crippen molar-refractivity contribution in [3.63, 3.8) is 0 Å². The van der Waals surface area contributed by atoms with Crippen LogP contribution in [0.4, 0.5) is 11.4 Å². The quantitative estimate of drug-likeness (QED) is 0.886. The minimum atomic E-state index is -0.682. The molecule has 1 aromatic carbocycles. The first-order valence-electron chi connectivity index (χ1n) is 7.58. The van der Waals surface area contributed by atoms with Gasteiger partial charge in [-0.05, 0) is 56.4 Å². The average molecular weight is 274 g/mol. The molecular formula is C16H22N2O2. The van der Waals surface area contributed by atoms with E-state index in [-0.39, 0.29) is 12.0 Å². The van der Waals surface area contributed by atoms with Gasteiger partial charge in [-0.25, -0.2) is 0 Å². The average Bonchev–Trinajstić information content (AvgIpc) is 2.44. The van der Waals surface area contributed by atoms with Crippen LogP contribution in [0.25, 0.3) is 0 Å². The van der Waals surface area contributed by atoms with Crippen molar-refractivity contribution in [1.82, 2.24) is 0 Å². The van der Waals surface area contributed by atoms with Gasteiger partial charge in [-0.2, -0.15) is 0 Å². The molecule has 1 aliphatic heterocycles. The summed E-state index contributed by atoms with van der Waals surface area (Å²) in [6, 6.07) is 8.51. The summed E-state index contributed by atoms with van der Waals surface area (Å²) in [6.45, 7) is 2.30. The molecule has 3 rings (SSSR count). The second-order valence-corrected chi connectivity index (χ2v) is 5.87. The standard InChI is InChI=1S/C16H22N2O2/c19-16(20)14-8-9-15(14)17-12-4-6-13(7-5-12)18-10-2-1-3-11-18/h4-7,14-15,17H,1-3,8-11H2,(H,19,20). The Hall–Kier alpha value is -1.71. The summed E-state index contributed by atoms with van der Waals surface area (Å²) in [7, 11) is 0. The molecule has 2 unspecified atom stereocenters. The van der Waals surface area contributed by atoms with Gasteiger partial charge in [0.15, 0.2) is 0 Å². The normalized spacial score (nSPS) is 25.9. The third kappa shape index (κ3) is 2.74. The van der Waals surface area contributed by atoms with Gasteiger partial charge in [0.2, 0.25) is 0 Å². The molecule has 1 saturated carbocycles. The summed E-state index contributed by atoms with van der Waals surface area (Å²) >= 11 is 0. The number of nitrogens with zero attached hydrogens (tertiary/aromatic N) is 1. The van der Waals surface area contributed by atoms with Crippen LogP contribution >= 0.6 is 0 Å². The zero-order valence-electron chi connectivity index (χ0n) is 11.7.